The zero-order chi connectivity index (χ0) is 12.8. The van der Waals surface area contributed by atoms with Crippen LogP contribution in [0.5, 0.6) is 5.75 Å². The second kappa shape index (κ2) is 5.89. The van der Waals surface area contributed by atoms with Crippen molar-refractivity contribution in [2.24, 2.45) is 0 Å². The number of rotatable bonds is 5. The van der Waals surface area contributed by atoms with Crippen LogP contribution in [0.25, 0.3) is 0 Å². The average molecular weight is 237 g/mol. The minimum absolute atomic E-state index is 0.132. The molecular weight excluding hydrogens is 222 g/mol. The summed E-state index contributed by atoms with van der Waals surface area (Å²) >= 11 is 0. The van der Waals surface area contributed by atoms with Gasteiger partial charge in [0.2, 0.25) is 5.91 Å². The second-order valence-electron chi connectivity index (χ2n) is 3.64. The molecule has 92 valence electrons. The predicted octanol–water partition coefficient (Wildman–Crippen LogP) is 1.21. The Morgan fingerprint density at radius 1 is 1.41 bits per heavy atom. The Hall–Kier alpha value is -2.04. The Balaban J connectivity index is 2.64. The van der Waals surface area contributed by atoms with Gasteiger partial charge in [0, 0.05) is 6.92 Å². The van der Waals surface area contributed by atoms with Gasteiger partial charge in [0.25, 0.3) is 0 Å². The predicted molar refractivity (Wildman–Crippen MR) is 62.3 cm³/mol. The molecule has 0 aliphatic heterocycles. The van der Waals surface area contributed by atoms with Gasteiger partial charge in [-0.3, -0.25) is 4.79 Å². The van der Waals surface area contributed by atoms with Crippen LogP contribution in [0.4, 0.5) is 0 Å². The van der Waals surface area contributed by atoms with Crippen molar-refractivity contribution in [2.75, 3.05) is 13.2 Å². The molecule has 0 radical (unpaired) electrons. The lowest BCUT2D eigenvalue weighted by molar-refractivity contribution is -0.119. The number of carboxylic acid groups (broad SMARTS) is 1. The van der Waals surface area contributed by atoms with E-state index in [1.165, 1.54) is 6.92 Å². The third-order valence-electron chi connectivity index (χ3n) is 2.10. The topological polar surface area (TPSA) is 75.6 Å². The molecule has 1 aromatic rings. The quantitative estimate of drug-likeness (QED) is 0.755. The maximum atomic E-state index is 11.0. The van der Waals surface area contributed by atoms with E-state index in [0.717, 1.165) is 5.56 Å². The smallest absolute Gasteiger partial charge is 0.339 e. The minimum atomic E-state index is -1.02. The van der Waals surface area contributed by atoms with Crippen molar-refractivity contribution >= 4 is 11.9 Å². The Morgan fingerprint density at radius 3 is 2.71 bits per heavy atom. The molecule has 0 aliphatic carbocycles. The molecular formula is C12H15NO4. The summed E-state index contributed by atoms with van der Waals surface area (Å²) in [7, 11) is 0. The lowest BCUT2D eigenvalue weighted by atomic mass is 10.1. The summed E-state index contributed by atoms with van der Waals surface area (Å²) in [6.07, 6.45) is 0. The Morgan fingerprint density at radius 2 is 2.12 bits per heavy atom. The molecule has 0 bridgehead atoms. The third-order valence-corrected chi connectivity index (χ3v) is 2.10. The molecule has 1 rings (SSSR count). The largest absolute Gasteiger partial charge is 0.491 e. The van der Waals surface area contributed by atoms with Crippen molar-refractivity contribution in [3.05, 3.63) is 29.3 Å². The van der Waals surface area contributed by atoms with Gasteiger partial charge in [0.1, 0.15) is 17.9 Å². The molecule has 0 saturated carbocycles. The average Bonchev–Trinajstić information content (AvgIpc) is 2.25. The van der Waals surface area contributed by atoms with Crippen LogP contribution in [-0.4, -0.2) is 30.1 Å². The molecule has 0 fully saturated rings. The summed E-state index contributed by atoms with van der Waals surface area (Å²) in [4.78, 5) is 21.6. The van der Waals surface area contributed by atoms with Gasteiger partial charge in [0.15, 0.2) is 0 Å². The summed E-state index contributed by atoms with van der Waals surface area (Å²) in [6, 6.07) is 4.95. The third kappa shape index (κ3) is 4.14. The van der Waals surface area contributed by atoms with Crippen LogP contribution < -0.4 is 10.1 Å². The molecule has 0 heterocycles. The van der Waals surface area contributed by atoms with Crippen molar-refractivity contribution < 1.29 is 19.4 Å². The highest BCUT2D eigenvalue weighted by Gasteiger charge is 2.11. The molecule has 0 aromatic heterocycles. The number of ether oxygens (including phenoxy) is 1. The van der Waals surface area contributed by atoms with Gasteiger partial charge in [0.05, 0.1) is 6.54 Å². The van der Waals surface area contributed by atoms with Crippen molar-refractivity contribution in [3.8, 4) is 5.75 Å². The maximum absolute atomic E-state index is 11.0. The molecule has 5 nitrogen and oxygen atoms in total. The van der Waals surface area contributed by atoms with Gasteiger partial charge < -0.3 is 15.2 Å². The number of nitrogens with one attached hydrogen (secondary N) is 1. The van der Waals surface area contributed by atoms with Crippen molar-refractivity contribution in [2.45, 2.75) is 13.8 Å². The standard InChI is InChI=1S/C12H15NO4/c1-8-3-4-11(10(7-8)12(15)16)17-6-5-13-9(2)14/h3-4,7H,5-6H2,1-2H3,(H,13,14)(H,15,16). The monoisotopic (exact) mass is 237 g/mol. The number of hydrogen-bond donors (Lipinski definition) is 2. The van der Waals surface area contributed by atoms with Gasteiger partial charge in [-0.25, -0.2) is 4.79 Å². The highest BCUT2D eigenvalue weighted by molar-refractivity contribution is 5.91. The molecule has 2 N–H and O–H groups in total. The number of carbonyl (C=O) groups excluding carboxylic acids is 1. The number of hydrogen-bond acceptors (Lipinski definition) is 3. The Kier molecular flexibility index (Phi) is 4.51. The SMILES string of the molecule is CC(=O)NCCOc1ccc(C)cc1C(=O)O. The lowest BCUT2D eigenvalue weighted by Gasteiger charge is -2.09. The molecule has 1 aromatic carbocycles. The van der Waals surface area contributed by atoms with E-state index >= 15 is 0 Å². The van der Waals surface area contributed by atoms with Crippen LogP contribution in [-0.2, 0) is 4.79 Å². The zero-order valence-electron chi connectivity index (χ0n) is 9.82. The Bertz CT molecular complexity index is 429. The van der Waals surface area contributed by atoms with Gasteiger partial charge in [-0.2, -0.15) is 0 Å². The van der Waals surface area contributed by atoms with Gasteiger partial charge in [-0.1, -0.05) is 11.6 Å². The molecule has 1 amide bonds. The van der Waals surface area contributed by atoms with Crippen LogP contribution in [0.1, 0.15) is 22.8 Å². The summed E-state index contributed by atoms with van der Waals surface area (Å²) in [5.41, 5.74) is 0.990. The highest BCUT2D eigenvalue weighted by Crippen LogP contribution is 2.19. The van der Waals surface area contributed by atoms with Gasteiger partial charge in [-0.05, 0) is 19.1 Å². The number of aryl methyl sites for hydroxylation is 1. The highest BCUT2D eigenvalue weighted by atomic mass is 16.5. The fourth-order valence-electron chi connectivity index (χ4n) is 1.32. The van der Waals surface area contributed by atoms with Crippen LogP contribution in [0, 0.1) is 6.92 Å². The molecule has 0 atom stereocenters. The fraction of sp³-hybridized carbons (Fsp3) is 0.333. The maximum Gasteiger partial charge on any atom is 0.339 e. The van der Waals surface area contributed by atoms with E-state index in [4.69, 9.17) is 9.84 Å². The van der Waals surface area contributed by atoms with E-state index in [9.17, 15) is 9.59 Å². The number of carbonyl (C=O) groups is 2. The second-order valence-corrected chi connectivity index (χ2v) is 3.64. The fourth-order valence-corrected chi connectivity index (χ4v) is 1.32. The summed E-state index contributed by atoms with van der Waals surface area (Å²) in [5.74, 6) is -0.854. The lowest BCUT2D eigenvalue weighted by Crippen LogP contribution is -2.25. The number of benzene rings is 1. The first kappa shape index (κ1) is 13.0. The number of carboxylic acids is 1. The van der Waals surface area contributed by atoms with Crippen molar-refractivity contribution in [1.29, 1.82) is 0 Å². The van der Waals surface area contributed by atoms with E-state index in [1.807, 2.05) is 6.92 Å². The van der Waals surface area contributed by atoms with Crippen LogP contribution in [0.3, 0.4) is 0 Å². The van der Waals surface area contributed by atoms with Crippen LogP contribution >= 0.6 is 0 Å². The van der Waals surface area contributed by atoms with Crippen molar-refractivity contribution in [1.82, 2.24) is 5.32 Å². The van der Waals surface area contributed by atoms with E-state index in [-0.39, 0.29) is 18.1 Å². The molecule has 5 heteroatoms. The first-order valence-electron chi connectivity index (χ1n) is 5.22. The van der Waals surface area contributed by atoms with Crippen LogP contribution in [0.15, 0.2) is 18.2 Å². The van der Waals surface area contributed by atoms with E-state index in [2.05, 4.69) is 5.32 Å². The molecule has 17 heavy (non-hydrogen) atoms. The van der Waals surface area contributed by atoms with Crippen LogP contribution in [0.2, 0.25) is 0 Å². The first-order chi connectivity index (χ1) is 8.00. The summed E-state index contributed by atoms with van der Waals surface area (Å²) < 4.78 is 5.31. The number of amides is 1. The van der Waals surface area contributed by atoms with E-state index in [1.54, 1.807) is 18.2 Å². The van der Waals surface area contributed by atoms with E-state index in [0.29, 0.717) is 12.3 Å². The van der Waals surface area contributed by atoms with Crippen molar-refractivity contribution in [3.63, 3.8) is 0 Å². The zero-order valence-corrected chi connectivity index (χ0v) is 9.82. The molecule has 0 spiro atoms. The molecule has 0 saturated heterocycles. The van der Waals surface area contributed by atoms with E-state index < -0.39 is 5.97 Å². The van der Waals surface area contributed by atoms with Gasteiger partial charge >= 0.3 is 5.97 Å². The van der Waals surface area contributed by atoms with Gasteiger partial charge in [-0.15, -0.1) is 0 Å². The summed E-state index contributed by atoms with van der Waals surface area (Å²) in [6.45, 7) is 3.81. The first-order valence-corrected chi connectivity index (χ1v) is 5.22. The normalized spacial score (nSPS) is 9.76. The molecule has 0 unspecified atom stereocenters. The molecule has 0 aliphatic rings. The number of aromatic carboxylic acids is 1. The minimum Gasteiger partial charge on any atom is -0.491 e. The summed E-state index contributed by atoms with van der Waals surface area (Å²) in [5, 5.41) is 11.5. The Labute approximate surface area is 99.4 Å².